The molecule has 0 heterocycles. The number of nitrogens with two attached hydrogens (primary N) is 1. The van der Waals surface area contributed by atoms with Gasteiger partial charge in [-0.25, -0.2) is 0 Å². The van der Waals surface area contributed by atoms with E-state index < -0.39 is 0 Å². The van der Waals surface area contributed by atoms with Gasteiger partial charge in [0.25, 0.3) is 0 Å². The first-order chi connectivity index (χ1) is 8.19. The van der Waals surface area contributed by atoms with Crippen LogP contribution in [0.1, 0.15) is 31.7 Å². The van der Waals surface area contributed by atoms with Crippen LogP contribution >= 0.6 is 0 Å². The number of nitrogen functional groups attached to an aromatic ring is 1. The van der Waals surface area contributed by atoms with Crippen LogP contribution in [0, 0.1) is 16.7 Å². The smallest absolute Gasteiger partial charge is 0.0670 e. The van der Waals surface area contributed by atoms with E-state index >= 15 is 0 Å². The van der Waals surface area contributed by atoms with Crippen molar-refractivity contribution in [3.05, 3.63) is 23.8 Å². The molecule has 2 rings (SSSR count). The van der Waals surface area contributed by atoms with Crippen molar-refractivity contribution in [3.8, 4) is 6.07 Å². The van der Waals surface area contributed by atoms with Gasteiger partial charge in [-0.2, -0.15) is 5.26 Å². The van der Waals surface area contributed by atoms with Crippen LogP contribution in [0.25, 0.3) is 0 Å². The average molecular weight is 229 g/mol. The molecule has 0 atom stereocenters. The normalized spacial score (nSPS) is 16.2. The molecule has 0 aromatic heterocycles. The Bertz CT molecular complexity index is 441. The van der Waals surface area contributed by atoms with Crippen molar-refractivity contribution >= 4 is 11.4 Å². The molecule has 1 aromatic carbocycles. The summed E-state index contributed by atoms with van der Waals surface area (Å²) in [5.74, 6) is 0. The Labute approximate surface area is 103 Å². The van der Waals surface area contributed by atoms with Gasteiger partial charge in [0.15, 0.2) is 0 Å². The highest BCUT2D eigenvalue weighted by Crippen LogP contribution is 2.48. The van der Waals surface area contributed by atoms with Gasteiger partial charge >= 0.3 is 0 Å². The summed E-state index contributed by atoms with van der Waals surface area (Å²) in [5, 5.41) is 12.2. The Balaban J connectivity index is 2.01. The zero-order valence-electron chi connectivity index (χ0n) is 10.3. The molecule has 0 radical (unpaired) electrons. The highest BCUT2D eigenvalue weighted by molar-refractivity contribution is 5.58. The SMILES string of the molecule is CCC1(CNc2ccc(N)c(CC#N)c2)CC1. The summed E-state index contributed by atoms with van der Waals surface area (Å²) in [5.41, 5.74) is 9.03. The van der Waals surface area contributed by atoms with Crippen LogP contribution in [0.2, 0.25) is 0 Å². The highest BCUT2D eigenvalue weighted by Gasteiger charge is 2.40. The van der Waals surface area contributed by atoms with E-state index in [9.17, 15) is 0 Å². The van der Waals surface area contributed by atoms with Crippen LogP contribution in [0.5, 0.6) is 0 Å². The monoisotopic (exact) mass is 229 g/mol. The van der Waals surface area contributed by atoms with Gasteiger partial charge in [-0.3, -0.25) is 0 Å². The van der Waals surface area contributed by atoms with E-state index in [-0.39, 0.29) is 0 Å². The maximum Gasteiger partial charge on any atom is 0.0670 e. The van der Waals surface area contributed by atoms with Gasteiger partial charge in [-0.05, 0) is 48.4 Å². The Morgan fingerprint density at radius 3 is 2.82 bits per heavy atom. The van der Waals surface area contributed by atoms with E-state index in [0.29, 0.717) is 17.5 Å². The van der Waals surface area contributed by atoms with Crippen LogP contribution in [-0.2, 0) is 6.42 Å². The lowest BCUT2D eigenvalue weighted by Crippen LogP contribution is -2.14. The van der Waals surface area contributed by atoms with E-state index in [4.69, 9.17) is 11.0 Å². The first-order valence-electron chi connectivity index (χ1n) is 6.18. The van der Waals surface area contributed by atoms with Gasteiger partial charge in [0.1, 0.15) is 0 Å². The lowest BCUT2D eigenvalue weighted by Gasteiger charge is -2.15. The molecular formula is C14H19N3. The Kier molecular flexibility index (Phi) is 3.23. The third kappa shape index (κ3) is 2.71. The van der Waals surface area contributed by atoms with Crippen LogP contribution in [0.15, 0.2) is 18.2 Å². The number of benzene rings is 1. The number of hydrogen-bond acceptors (Lipinski definition) is 3. The van der Waals surface area contributed by atoms with Crippen molar-refractivity contribution < 1.29 is 0 Å². The van der Waals surface area contributed by atoms with Crippen LogP contribution < -0.4 is 11.1 Å². The summed E-state index contributed by atoms with van der Waals surface area (Å²) in [6.45, 7) is 3.28. The molecule has 90 valence electrons. The molecule has 0 saturated heterocycles. The molecule has 1 aliphatic rings. The van der Waals surface area contributed by atoms with E-state index in [1.165, 1.54) is 19.3 Å². The molecule has 0 aliphatic heterocycles. The minimum absolute atomic E-state index is 0.375. The van der Waals surface area contributed by atoms with Crippen molar-refractivity contribution in [1.29, 1.82) is 5.26 Å². The minimum Gasteiger partial charge on any atom is -0.398 e. The van der Waals surface area contributed by atoms with E-state index in [0.717, 1.165) is 17.8 Å². The molecule has 0 unspecified atom stereocenters. The summed E-state index contributed by atoms with van der Waals surface area (Å²) in [7, 11) is 0. The zero-order valence-corrected chi connectivity index (χ0v) is 10.3. The molecule has 1 fully saturated rings. The second kappa shape index (κ2) is 4.67. The quantitative estimate of drug-likeness (QED) is 0.763. The third-order valence-electron chi connectivity index (χ3n) is 3.79. The lowest BCUT2D eigenvalue weighted by atomic mass is 10.0. The Hall–Kier alpha value is -1.69. The molecule has 0 bridgehead atoms. The molecule has 0 spiro atoms. The predicted octanol–water partition coefficient (Wildman–Crippen LogP) is 2.94. The van der Waals surface area contributed by atoms with Crippen molar-refractivity contribution in [1.82, 2.24) is 0 Å². The largest absolute Gasteiger partial charge is 0.398 e. The molecule has 3 heteroatoms. The first-order valence-corrected chi connectivity index (χ1v) is 6.18. The maximum atomic E-state index is 8.72. The lowest BCUT2D eigenvalue weighted by molar-refractivity contribution is 0.521. The molecule has 1 aromatic rings. The summed E-state index contributed by atoms with van der Waals surface area (Å²) >= 11 is 0. The summed E-state index contributed by atoms with van der Waals surface area (Å²) in [4.78, 5) is 0. The number of anilines is 2. The molecule has 3 N–H and O–H groups in total. The van der Waals surface area contributed by atoms with E-state index in [1.807, 2.05) is 18.2 Å². The van der Waals surface area contributed by atoms with Gasteiger partial charge in [-0.15, -0.1) is 0 Å². The summed E-state index contributed by atoms with van der Waals surface area (Å²) in [6.07, 6.45) is 4.27. The van der Waals surface area contributed by atoms with Crippen LogP contribution in [0.4, 0.5) is 11.4 Å². The molecule has 1 saturated carbocycles. The van der Waals surface area contributed by atoms with Crippen molar-refractivity contribution in [2.45, 2.75) is 32.6 Å². The molecule has 1 aliphatic carbocycles. The molecular weight excluding hydrogens is 210 g/mol. The summed E-state index contributed by atoms with van der Waals surface area (Å²) in [6, 6.07) is 7.99. The predicted molar refractivity (Wildman–Crippen MR) is 70.6 cm³/mol. The topological polar surface area (TPSA) is 61.8 Å². The average Bonchev–Trinajstić information content (AvgIpc) is 3.11. The molecule has 0 amide bonds. The zero-order chi connectivity index (χ0) is 12.3. The van der Waals surface area contributed by atoms with Crippen LogP contribution in [-0.4, -0.2) is 6.54 Å². The Morgan fingerprint density at radius 2 is 2.24 bits per heavy atom. The number of rotatable bonds is 5. The third-order valence-corrected chi connectivity index (χ3v) is 3.79. The fourth-order valence-corrected chi connectivity index (χ4v) is 2.08. The fraction of sp³-hybridized carbons (Fsp3) is 0.500. The van der Waals surface area contributed by atoms with Gasteiger partial charge in [0.05, 0.1) is 12.5 Å². The van der Waals surface area contributed by atoms with Crippen LogP contribution in [0.3, 0.4) is 0 Å². The number of hydrogen-bond donors (Lipinski definition) is 2. The van der Waals surface area contributed by atoms with E-state index in [1.54, 1.807) is 0 Å². The standard InChI is InChI=1S/C14H19N3/c1-2-14(6-7-14)10-17-12-3-4-13(16)11(9-12)5-8-15/h3-4,9,17H,2,5-7,10,16H2,1H3. The second-order valence-electron chi connectivity index (χ2n) is 4.96. The van der Waals surface area contributed by atoms with Crippen molar-refractivity contribution in [2.24, 2.45) is 5.41 Å². The maximum absolute atomic E-state index is 8.72. The first kappa shape index (κ1) is 11.8. The van der Waals surface area contributed by atoms with Crippen molar-refractivity contribution in [2.75, 3.05) is 17.6 Å². The van der Waals surface area contributed by atoms with Gasteiger partial charge in [0.2, 0.25) is 0 Å². The van der Waals surface area contributed by atoms with Gasteiger partial charge in [-0.1, -0.05) is 6.92 Å². The van der Waals surface area contributed by atoms with Crippen molar-refractivity contribution in [3.63, 3.8) is 0 Å². The number of nitriles is 1. The fourth-order valence-electron chi connectivity index (χ4n) is 2.08. The van der Waals surface area contributed by atoms with Gasteiger partial charge < -0.3 is 11.1 Å². The highest BCUT2D eigenvalue weighted by atomic mass is 14.9. The number of nitrogens with zero attached hydrogens (tertiary/aromatic N) is 1. The summed E-state index contributed by atoms with van der Waals surface area (Å²) < 4.78 is 0. The molecule has 3 nitrogen and oxygen atoms in total. The second-order valence-corrected chi connectivity index (χ2v) is 4.96. The Morgan fingerprint density at radius 1 is 1.47 bits per heavy atom. The van der Waals surface area contributed by atoms with Gasteiger partial charge in [0, 0.05) is 17.9 Å². The molecule has 17 heavy (non-hydrogen) atoms. The minimum atomic E-state index is 0.375. The van der Waals surface area contributed by atoms with E-state index in [2.05, 4.69) is 18.3 Å². The number of nitrogens with one attached hydrogen (secondary N) is 1.